The SMILES string of the molecule is COc1ccc(-c2cc(NC(=O)c3ccc(-n4ccnc4)cc3)ccc2OC)cc1. The molecule has 0 fully saturated rings. The van der Waals surface area contributed by atoms with E-state index in [0.717, 1.165) is 28.3 Å². The lowest BCUT2D eigenvalue weighted by atomic mass is 10.0. The van der Waals surface area contributed by atoms with Gasteiger partial charge in [0.2, 0.25) is 0 Å². The van der Waals surface area contributed by atoms with Crippen LogP contribution in [0.15, 0.2) is 85.5 Å². The predicted molar refractivity (Wildman–Crippen MR) is 116 cm³/mol. The van der Waals surface area contributed by atoms with Crippen molar-refractivity contribution >= 4 is 11.6 Å². The monoisotopic (exact) mass is 399 g/mol. The van der Waals surface area contributed by atoms with Crippen LogP contribution in [0, 0.1) is 0 Å². The molecule has 0 unspecified atom stereocenters. The first-order valence-corrected chi connectivity index (χ1v) is 9.40. The van der Waals surface area contributed by atoms with Crippen LogP contribution < -0.4 is 14.8 Å². The summed E-state index contributed by atoms with van der Waals surface area (Å²) in [5.74, 6) is 1.32. The summed E-state index contributed by atoms with van der Waals surface area (Å²) in [5, 5.41) is 2.96. The number of rotatable bonds is 6. The zero-order valence-electron chi connectivity index (χ0n) is 16.7. The highest BCUT2D eigenvalue weighted by atomic mass is 16.5. The van der Waals surface area contributed by atoms with E-state index in [1.54, 1.807) is 38.9 Å². The molecular formula is C24H21N3O3. The molecule has 30 heavy (non-hydrogen) atoms. The van der Waals surface area contributed by atoms with Gasteiger partial charge in [0, 0.05) is 34.9 Å². The zero-order valence-corrected chi connectivity index (χ0v) is 16.7. The summed E-state index contributed by atoms with van der Waals surface area (Å²) in [5.41, 5.74) is 4.04. The van der Waals surface area contributed by atoms with Crippen LogP contribution in [0.25, 0.3) is 16.8 Å². The molecule has 1 amide bonds. The normalized spacial score (nSPS) is 10.5. The molecule has 6 nitrogen and oxygen atoms in total. The smallest absolute Gasteiger partial charge is 0.255 e. The van der Waals surface area contributed by atoms with Crippen molar-refractivity contribution in [3.8, 4) is 28.3 Å². The number of imidazole rings is 1. The summed E-state index contributed by atoms with van der Waals surface area (Å²) in [6.45, 7) is 0. The Morgan fingerprint density at radius 1 is 0.933 bits per heavy atom. The highest BCUT2D eigenvalue weighted by Crippen LogP contribution is 2.33. The van der Waals surface area contributed by atoms with Gasteiger partial charge < -0.3 is 19.4 Å². The van der Waals surface area contributed by atoms with E-state index in [9.17, 15) is 4.79 Å². The summed E-state index contributed by atoms with van der Waals surface area (Å²) in [6.07, 6.45) is 5.28. The van der Waals surface area contributed by atoms with E-state index >= 15 is 0 Å². The maximum Gasteiger partial charge on any atom is 0.255 e. The molecule has 1 N–H and O–H groups in total. The number of carbonyl (C=O) groups is 1. The number of amides is 1. The van der Waals surface area contributed by atoms with E-state index in [2.05, 4.69) is 10.3 Å². The number of nitrogens with one attached hydrogen (secondary N) is 1. The Bertz CT molecular complexity index is 1140. The molecule has 4 aromatic rings. The van der Waals surface area contributed by atoms with E-state index in [0.29, 0.717) is 11.3 Å². The molecule has 0 spiro atoms. The predicted octanol–water partition coefficient (Wildman–Crippen LogP) is 4.81. The second-order valence-electron chi connectivity index (χ2n) is 6.61. The number of aromatic nitrogens is 2. The molecule has 4 rings (SSSR count). The van der Waals surface area contributed by atoms with Gasteiger partial charge in [-0.2, -0.15) is 0 Å². The van der Waals surface area contributed by atoms with E-state index in [4.69, 9.17) is 9.47 Å². The average molecular weight is 399 g/mol. The standard InChI is InChI=1S/C24H21N3O3/c1-29-21-10-5-17(6-11-21)22-15-19(7-12-23(22)30-2)26-24(28)18-3-8-20(9-4-18)27-14-13-25-16-27/h3-16H,1-2H3,(H,26,28). The van der Waals surface area contributed by atoms with Gasteiger partial charge in [0.05, 0.1) is 20.5 Å². The van der Waals surface area contributed by atoms with Crippen LogP contribution in [0.4, 0.5) is 5.69 Å². The highest BCUT2D eigenvalue weighted by Gasteiger charge is 2.11. The topological polar surface area (TPSA) is 65.4 Å². The maximum atomic E-state index is 12.7. The number of benzene rings is 3. The van der Waals surface area contributed by atoms with Gasteiger partial charge in [0.25, 0.3) is 5.91 Å². The van der Waals surface area contributed by atoms with Crippen LogP contribution in [0.2, 0.25) is 0 Å². The second kappa shape index (κ2) is 8.53. The van der Waals surface area contributed by atoms with Gasteiger partial charge in [0.15, 0.2) is 0 Å². The fourth-order valence-electron chi connectivity index (χ4n) is 3.18. The van der Waals surface area contributed by atoms with Gasteiger partial charge in [-0.15, -0.1) is 0 Å². The zero-order chi connectivity index (χ0) is 20.9. The minimum Gasteiger partial charge on any atom is -0.497 e. The number of hydrogen-bond donors (Lipinski definition) is 1. The molecule has 0 saturated carbocycles. The summed E-state index contributed by atoms with van der Waals surface area (Å²) >= 11 is 0. The van der Waals surface area contributed by atoms with Crippen molar-refractivity contribution in [1.29, 1.82) is 0 Å². The van der Waals surface area contributed by atoms with Crippen molar-refractivity contribution in [3.63, 3.8) is 0 Å². The van der Waals surface area contributed by atoms with Crippen molar-refractivity contribution in [2.24, 2.45) is 0 Å². The molecule has 0 atom stereocenters. The molecule has 1 aromatic heterocycles. The minimum absolute atomic E-state index is 0.182. The second-order valence-corrected chi connectivity index (χ2v) is 6.61. The third-order valence-electron chi connectivity index (χ3n) is 4.79. The Labute approximate surface area is 174 Å². The third-order valence-corrected chi connectivity index (χ3v) is 4.79. The van der Waals surface area contributed by atoms with Crippen LogP contribution >= 0.6 is 0 Å². The van der Waals surface area contributed by atoms with Crippen LogP contribution in [0.3, 0.4) is 0 Å². The molecular weight excluding hydrogens is 378 g/mol. The maximum absolute atomic E-state index is 12.7. The van der Waals surface area contributed by atoms with Crippen molar-refractivity contribution in [1.82, 2.24) is 9.55 Å². The van der Waals surface area contributed by atoms with Crippen molar-refractivity contribution < 1.29 is 14.3 Å². The fourth-order valence-corrected chi connectivity index (χ4v) is 3.18. The molecule has 150 valence electrons. The lowest BCUT2D eigenvalue weighted by Gasteiger charge is -2.13. The number of ether oxygens (including phenoxy) is 2. The summed E-state index contributed by atoms with van der Waals surface area (Å²) in [7, 11) is 3.26. The van der Waals surface area contributed by atoms with Gasteiger partial charge in [-0.25, -0.2) is 4.98 Å². The fraction of sp³-hybridized carbons (Fsp3) is 0.0833. The van der Waals surface area contributed by atoms with Crippen molar-refractivity contribution in [2.75, 3.05) is 19.5 Å². The third kappa shape index (κ3) is 4.03. The summed E-state index contributed by atoms with van der Waals surface area (Å²) < 4.78 is 12.6. The average Bonchev–Trinajstić information content (AvgIpc) is 3.34. The summed E-state index contributed by atoms with van der Waals surface area (Å²) in [4.78, 5) is 16.8. The van der Waals surface area contributed by atoms with Crippen LogP contribution in [-0.4, -0.2) is 29.7 Å². The van der Waals surface area contributed by atoms with Gasteiger partial charge in [-0.1, -0.05) is 12.1 Å². The molecule has 1 heterocycles. The number of methoxy groups -OCH3 is 2. The minimum atomic E-state index is -0.182. The van der Waals surface area contributed by atoms with Gasteiger partial charge in [0.1, 0.15) is 11.5 Å². The van der Waals surface area contributed by atoms with Gasteiger partial charge in [-0.05, 0) is 60.2 Å². The molecule has 0 aliphatic rings. The van der Waals surface area contributed by atoms with E-state index in [-0.39, 0.29) is 5.91 Å². The Morgan fingerprint density at radius 3 is 2.33 bits per heavy atom. The number of carbonyl (C=O) groups excluding carboxylic acids is 1. The van der Waals surface area contributed by atoms with Crippen LogP contribution in [0.5, 0.6) is 11.5 Å². The van der Waals surface area contributed by atoms with E-state index in [1.165, 1.54) is 0 Å². The molecule has 0 radical (unpaired) electrons. The first-order chi connectivity index (χ1) is 14.7. The first kappa shape index (κ1) is 19.3. The van der Waals surface area contributed by atoms with E-state index in [1.807, 2.05) is 65.4 Å². The van der Waals surface area contributed by atoms with Crippen LogP contribution in [-0.2, 0) is 0 Å². The first-order valence-electron chi connectivity index (χ1n) is 9.40. The Kier molecular flexibility index (Phi) is 5.48. The number of anilines is 1. The van der Waals surface area contributed by atoms with Gasteiger partial charge >= 0.3 is 0 Å². The number of hydrogen-bond acceptors (Lipinski definition) is 4. The highest BCUT2D eigenvalue weighted by molar-refractivity contribution is 6.04. The molecule has 3 aromatic carbocycles. The molecule has 6 heteroatoms. The van der Waals surface area contributed by atoms with Gasteiger partial charge in [-0.3, -0.25) is 4.79 Å². The van der Waals surface area contributed by atoms with E-state index < -0.39 is 0 Å². The Morgan fingerprint density at radius 2 is 1.70 bits per heavy atom. The Hall–Kier alpha value is -4.06. The largest absolute Gasteiger partial charge is 0.497 e. The number of nitrogens with zero attached hydrogens (tertiary/aromatic N) is 2. The molecule has 0 saturated heterocycles. The molecule has 0 bridgehead atoms. The molecule has 0 aliphatic heterocycles. The molecule has 0 aliphatic carbocycles. The Balaban J connectivity index is 1.56. The van der Waals surface area contributed by atoms with Crippen LogP contribution in [0.1, 0.15) is 10.4 Å². The quantitative estimate of drug-likeness (QED) is 0.505. The lowest BCUT2D eigenvalue weighted by Crippen LogP contribution is -2.12. The van der Waals surface area contributed by atoms with Crippen molar-refractivity contribution in [2.45, 2.75) is 0 Å². The summed E-state index contributed by atoms with van der Waals surface area (Å²) in [6, 6.07) is 20.6. The lowest BCUT2D eigenvalue weighted by molar-refractivity contribution is 0.102. The van der Waals surface area contributed by atoms with Crippen molar-refractivity contribution in [3.05, 3.63) is 91.0 Å².